The van der Waals surface area contributed by atoms with Crippen LogP contribution < -0.4 is 0 Å². The SMILES string of the molecule is Cl.Cl.[B]C. The summed E-state index contributed by atoms with van der Waals surface area (Å²) in [6.45, 7) is 1.50. The zero-order chi connectivity index (χ0) is 2.00. The van der Waals surface area contributed by atoms with Gasteiger partial charge in [-0.3, -0.25) is 0 Å². The van der Waals surface area contributed by atoms with E-state index in [0.29, 0.717) is 0 Å². The molecule has 0 saturated heterocycles. The maximum atomic E-state index is 4.50. The van der Waals surface area contributed by atoms with Crippen molar-refractivity contribution in [2.24, 2.45) is 0 Å². The van der Waals surface area contributed by atoms with Gasteiger partial charge in [-0.1, -0.05) is 6.82 Å². The highest BCUT2D eigenvalue weighted by Crippen LogP contribution is 0.960. The molecule has 4 heavy (non-hydrogen) atoms. The molecule has 26 valence electrons. The van der Waals surface area contributed by atoms with Crippen molar-refractivity contribution < 1.29 is 0 Å². The van der Waals surface area contributed by atoms with Crippen LogP contribution in [0, 0.1) is 0 Å². The summed E-state index contributed by atoms with van der Waals surface area (Å²) in [5, 5.41) is 0. The smallest absolute Gasteiger partial charge is 0.0606 e. The van der Waals surface area contributed by atoms with Gasteiger partial charge in [-0.25, -0.2) is 0 Å². The Balaban J connectivity index is -0.00000000500. The lowest BCUT2D eigenvalue weighted by molar-refractivity contribution is 2.40. The van der Waals surface area contributed by atoms with Crippen LogP contribution in [-0.2, 0) is 0 Å². The normalized spacial score (nSPS) is 1.25. The van der Waals surface area contributed by atoms with E-state index in [1.54, 1.807) is 0 Å². The molecule has 3 heteroatoms. The predicted molar refractivity (Wildman–Crippen MR) is 26.1 cm³/mol. The van der Waals surface area contributed by atoms with Crippen molar-refractivity contribution in [2.75, 3.05) is 0 Å². The molecule has 2 radical (unpaired) electrons. The Morgan fingerprint density at radius 3 is 1.00 bits per heavy atom. The second-order valence-electron chi connectivity index (χ2n) is 0. The highest BCUT2D eigenvalue weighted by Gasteiger charge is 0.984. The van der Waals surface area contributed by atoms with Gasteiger partial charge in [0.05, 0.1) is 7.85 Å². The molecule has 0 fully saturated rings. The molecule has 0 unspecified atom stereocenters. The van der Waals surface area contributed by atoms with Crippen molar-refractivity contribution in [2.45, 2.75) is 6.82 Å². The van der Waals surface area contributed by atoms with Gasteiger partial charge < -0.3 is 0 Å². The van der Waals surface area contributed by atoms with E-state index in [2.05, 4.69) is 7.85 Å². The average Bonchev–Trinajstić information content (AvgIpc) is 1.00. The van der Waals surface area contributed by atoms with Crippen LogP contribution in [-0.4, -0.2) is 7.85 Å². The fraction of sp³-hybridized carbons (Fsp3) is 1.00. The summed E-state index contributed by atoms with van der Waals surface area (Å²) < 4.78 is 0. The molecular weight excluding hydrogens is 93.7 g/mol. The number of halogens is 2. The quantitative estimate of drug-likeness (QED) is 0.398. The summed E-state index contributed by atoms with van der Waals surface area (Å²) in [4.78, 5) is 0. The Labute approximate surface area is 40.2 Å². The summed E-state index contributed by atoms with van der Waals surface area (Å²) in [5.41, 5.74) is 0. The minimum Gasteiger partial charge on any atom is -0.147 e. The highest BCUT2D eigenvalue weighted by molar-refractivity contribution is 6.05. The van der Waals surface area contributed by atoms with Crippen LogP contribution in [0.1, 0.15) is 0 Å². The lowest BCUT2D eigenvalue weighted by atomic mass is 10.2. The lowest BCUT2D eigenvalue weighted by Crippen LogP contribution is -1.13. The monoisotopic (exact) mass is 98.0 g/mol. The first-order chi connectivity index (χ1) is 1.00. The van der Waals surface area contributed by atoms with Gasteiger partial charge in [0.1, 0.15) is 0 Å². The molecule has 0 aromatic rings. The van der Waals surface area contributed by atoms with Gasteiger partial charge in [-0.2, -0.15) is 0 Å². The van der Waals surface area contributed by atoms with Gasteiger partial charge in [-0.05, 0) is 0 Å². The first-order valence-corrected chi connectivity index (χ1v) is 0.577. The first-order valence-electron chi connectivity index (χ1n) is 0.577. The summed E-state index contributed by atoms with van der Waals surface area (Å²) in [7, 11) is 4.50. The first kappa shape index (κ1) is 22.8. The maximum Gasteiger partial charge on any atom is 0.0606 e. The van der Waals surface area contributed by atoms with Gasteiger partial charge >= 0.3 is 0 Å². The Morgan fingerprint density at radius 2 is 1.00 bits per heavy atom. The van der Waals surface area contributed by atoms with Crippen molar-refractivity contribution in [3.63, 3.8) is 0 Å². The van der Waals surface area contributed by atoms with E-state index in [4.69, 9.17) is 0 Å². The Morgan fingerprint density at radius 1 is 1.00 bits per heavy atom. The molecule has 0 amide bonds. The van der Waals surface area contributed by atoms with E-state index in [0.717, 1.165) is 0 Å². The standard InChI is InChI=1S/CH3B.2ClH/c1-2;;/h1H3;2*1H. The molecule has 0 rings (SSSR count). The van der Waals surface area contributed by atoms with E-state index in [1.165, 1.54) is 6.82 Å². The van der Waals surface area contributed by atoms with Gasteiger partial charge in [0.25, 0.3) is 0 Å². The zero-order valence-corrected chi connectivity index (χ0v) is 4.03. The van der Waals surface area contributed by atoms with Gasteiger partial charge in [0.2, 0.25) is 0 Å². The fourth-order valence-corrected chi connectivity index (χ4v) is 0. The zero-order valence-electron chi connectivity index (χ0n) is 2.39. The van der Waals surface area contributed by atoms with Crippen LogP contribution in [0.15, 0.2) is 0 Å². The molecule has 0 heterocycles. The molecule has 0 aromatic heterocycles. The van der Waals surface area contributed by atoms with Crippen molar-refractivity contribution in [1.82, 2.24) is 0 Å². The molecule has 0 spiro atoms. The third-order valence-electron chi connectivity index (χ3n) is 0. The Kier molecular flexibility index (Phi) is 350. The van der Waals surface area contributed by atoms with E-state index in [9.17, 15) is 0 Å². The summed E-state index contributed by atoms with van der Waals surface area (Å²) in [5.74, 6) is 0. The molecule has 0 atom stereocenters. The topological polar surface area (TPSA) is 0 Å². The predicted octanol–water partition coefficient (Wildman–Crippen LogP) is 1.05. The number of hydrogen-bond acceptors (Lipinski definition) is 0. The number of rotatable bonds is 0. The van der Waals surface area contributed by atoms with E-state index < -0.39 is 0 Å². The molecule has 0 aliphatic rings. The van der Waals surface area contributed by atoms with Crippen LogP contribution in [0.5, 0.6) is 0 Å². The molecule has 0 saturated carbocycles. The maximum absolute atomic E-state index is 4.50. The highest BCUT2D eigenvalue weighted by atomic mass is 35.5. The number of hydrogen-bond donors (Lipinski definition) is 0. The second-order valence-corrected chi connectivity index (χ2v) is 0. The van der Waals surface area contributed by atoms with Crippen molar-refractivity contribution in [3.05, 3.63) is 0 Å². The third-order valence-corrected chi connectivity index (χ3v) is 0. The minimum atomic E-state index is 0. The summed E-state index contributed by atoms with van der Waals surface area (Å²) in [6.07, 6.45) is 0. The van der Waals surface area contributed by atoms with E-state index in [1.807, 2.05) is 0 Å². The van der Waals surface area contributed by atoms with Crippen molar-refractivity contribution >= 4 is 32.7 Å². The Bertz CT molecular complexity index is 6.00. The largest absolute Gasteiger partial charge is 0.147 e. The van der Waals surface area contributed by atoms with Crippen LogP contribution in [0.25, 0.3) is 0 Å². The van der Waals surface area contributed by atoms with Crippen LogP contribution in [0.2, 0.25) is 6.82 Å². The molecular formula is CH5BCl2. The van der Waals surface area contributed by atoms with E-state index >= 15 is 0 Å². The van der Waals surface area contributed by atoms with Crippen LogP contribution >= 0.6 is 24.8 Å². The summed E-state index contributed by atoms with van der Waals surface area (Å²) in [6, 6.07) is 0. The molecule has 0 N–H and O–H groups in total. The van der Waals surface area contributed by atoms with E-state index in [-0.39, 0.29) is 24.8 Å². The molecule has 0 aliphatic carbocycles. The fourth-order valence-electron chi connectivity index (χ4n) is 0. The molecule has 0 nitrogen and oxygen atoms in total. The average molecular weight is 98.8 g/mol. The second kappa shape index (κ2) is 61.3. The minimum absolute atomic E-state index is 0. The van der Waals surface area contributed by atoms with Crippen molar-refractivity contribution in [3.8, 4) is 0 Å². The third kappa shape index (κ3) is 17.2. The van der Waals surface area contributed by atoms with Gasteiger partial charge in [-0.15, -0.1) is 24.8 Å². The lowest BCUT2D eigenvalue weighted by Gasteiger charge is -1.02. The van der Waals surface area contributed by atoms with Gasteiger partial charge in [0, 0.05) is 0 Å². The molecule has 0 aromatic carbocycles. The van der Waals surface area contributed by atoms with Crippen LogP contribution in [0.4, 0.5) is 0 Å². The summed E-state index contributed by atoms with van der Waals surface area (Å²) >= 11 is 0. The van der Waals surface area contributed by atoms with Crippen LogP contribution in [0.3, 0.4) is 0 Å². The Hall–Kier alpha value is 0.645. The molecule has 0 bridgehead atoms. The molecule has 0 aliphatic heterocycles. The van der Waals surface area contributed by atoms with Gasteiger partial charge in [0.15, 0.2) is 0 Å². The van der Waals surface area contributed by atoms with Crippen molar-refractivity contribution in [1.29, 1.82) is 0 Å².